The second kappa shape index (κ2) is 5.84. The van der Waals surface area contributed by atoms with Crippen molar-refractivity contribution in [3.8, 4) is 0 Å². The number of nitrogens with one attached hydrogen (secondary N) is 1. The Bertz CT molecular complexity index is 438. The molecule has 0 aromatic carbocycles. The van der Waals surface area contributed by atoms with E-state index in [9.17, 15) is 0 Å². The molecule has 0 saturated carbocycles. The largest absolute Gasteiger partial charge is 0.309 e. The third-order valence-corrected chi connectivity index (χ3v) is 3.30. The first kappa shape index (κ1) is 12.1. The van der Waals surface area contributed by atoms with Gasteiger partial charge in [-0.3, -0.25) is 15.0 Å². The normalized spacial score (nSPS) is 12.6. The minimum absolute atomic E-state index is 0.216. The van der Waals surface area contributed by atoms with E-state index in [4.69, 9.17) is 0 Å². The molecule has 90 valence electrons. The number of aromatic nitrogens is 3. The van der Waals surface area contributed by atoms with Crippen LogP contribution in [0.15, 0.2) is 24.1 Å². The maximum atomic E-state index is 4.44. The van der Waals surface area contributed by atoms with Gasteiger partial charge in [-0.2, -0.15) is 0 Å². The minimum atomic E-state index is 0.216. The summed E-state index contributed by atoms with van der Waals surface area (Å²) in [6.45, 7) is 4.96. The third kappa shape index (κ3) is 3.31. The van der Waals surface area contributed by atoms with Gasteiger partial charge in [0.25, 0.3) is 0 Å². The van der Waals surface area contributed by atoms with Crippen molar-refractivity contribution in [1.82, 2.24) is 20.3 Å². The molecule has 1 unspecified atom stereocenters. The van der Waals surface area contributed by atoms with Crippen LogP contribution in [0, 0.1) is 6.92 Å². The molecule has 2 heterocycles. The van der Waals surface area contributed by atoms with Gasteiger partial charge in [0.15, 0.2) is 0 Å². The lowest BCUT2D eigenvalue weighted by Gasteiger charge is -2.15. The van der Waals surface area contributed by atoms with E-state index in [-0.39, 0.29) is 6.04 Å². The number of likely N-dealkylation sites (N-methyl/N-ethyl adjacent to an activating group) is 1. The molecule has 0 aliphatic carbocycles. The highest BCUT2D eigenvalue weighted by Crippen LogP contribution is 2.18. The van der Waals surface area contributed by atoms with Crippen molar-refractivity contribution in [3.63, 3.8) is 0 Å². The summed E-state index contributed by atoms with van der Waals surface area (Å²) in [5.74, 6) is 0. The van der Waals surface area contributed by atoms with Gasteiger partial charge in [0.2, 0.25) is 0 Å². The summed E-state index contributed by atoms with van der Waals surface area (Å²) in [4.78, 5) is 14.1. The van der Waals surface area contributed by atoms with Gasteiger partial charge in [-0.05, 0) is 13.5 Å². The third-order valence-electron chi connectivity index (χ3n) is 2.50. The highest BCUT2D eigenvalue weighted by molar-refractivity contribution is 7.09. The summed E-state index contributed by atoms with van der Waals surface area (Å²) in [5, 5.41) is 3.43. The smallest absolute Gasteiger partial charge is 0.0794 e. The molecule has 0 bridgehead atoms. The van der Waals surface area contributed by atoms with Crippen LogP contribution in [0.1, 0.15) is 29.2 Å². The van der Waals surface area contributed by atoms with Crippen molar-refractivity contribution in [3.05, 3.63) is 40.4 Å². The fourth-order valence-electron chi connectivity index (χ4n) is 1.65. The van der Waals surface area contributed by atoms with Crippen molar-refractivity contribution >= 4 is 11.3 Å². The van der Waals surface area contributed by atoms with Gasteiger partial charge in [0.1, 0.15) is 0 Å². The fourth-order valence-corrected chi connectivity index (χ4v) is 2.30. The zero-order valence-electron chi connectivity index (χ0n) is 10.1. The predicted octanol–water partition coefficient (Wildman–Crippen LogP) is 2.13. The average Bonchev–Trinajstić information content (AvgIpc) is 2.82. The van der Waals surface area contributed by atoms with Crippen LogP contribution in [0.2, 0.25) is 0 Å². The predicted molar refractivity (Wildman–Crippen MR) is 69.0 cm³/mol. The summed E-state index contributed by atoms with van der Waals surface area (Å²) in [6, 6.07) is 0.216. The molecule has 0 aliphatic rings. The zero-order chi connectivity index (χ0) is 12.1. The quantitative estimate of drug-likeness (QED) is 0.880. The molecule has 2 aromatic heterocycles. The molecule has 5 heteroatoms. The number of hydrogen-bond acceptors (Lipinski definition) is 5. The number of thiazole rings is 1. The van der Waals surface area contributed by atoms with Gasteiger partial charge in [0, 0.05) is 23.7 Å². The van der Waals surface area contributed by atoms with Gasteiger partial charge in [-0.15, -0.1) is 11.3 Å². The lowest BCUT2D eigenvalue weighted by Crippen LogP contribution is -2.23. The molecule has 17 heavy (non-hydrogen) atoms. The van der Waals surface area contributed by atoms with Crippen molar-refractivity contribution in [2.45, 2.75) is 26.3 Å². The average molecular weight is 248 g/mol. The Hall–Kier alpha value is -1.33. The van der Waals surface area contributed by atoms with E-state index in [1.807, 2.05) is 31.0 Å². The van der Waals surface area contributed by atoms with Crippen LogP contribution in [-0.2, 0) is 6.42 Å². The van der Waals surface area contributed by atoms with E-state index >= 15 is 0 Å². The lowest BCUT2D eigenvalue weighted by atomic mass is 10.1. The molecular formula is C12H16N4S. The molecular weight excluding hydrogens is 232 g/mol. The van der Waals surface area contributed by atoms with Crippen LogP contribution < -0.4 is 5.32 Å². The van der Waals surface area contributed by atoms with Crippen LogP contribution in [0.3, 0.4) is 0 Å². The Morgan fingerprint density at radius 1 is 1.29 bits per heavy atom. The standard InChI is InChI=1S/C12H16N4S/c1-3-14-11(4-10-6-13-8-17-10)12-7-15-9(2)5-16-12/h5-8,11,14H,3-4H2,1-2H3. The highest BCUT2D eigenvalue weighted by atomic mass is 32.1. The number of nitrogens with zero attached hydrogens (tertiary/aromatic N) is 3. The maximum absolute atomic E-state index is 4.44. The summed E-state index contributed by atoms with van der Waals surface area (Å²) in [7, 11) is 0. The summed E-state index contributed by atoms with van der Waals surface area (Å²) in [5.41, 5.74) is 3.80. The summed E-state index contributed by atoms with van der Waals surface area (Å²) in [6.07, 6.45) is 6.49. The molecule has 1 N–H and O–H groups in total. The number of aryl methyl sites for hydroxylation is 1. The Balaban J connectivity index is 2.13. The molecule has 0 spiro atoms. The SMILES string of the molecule is CCNC(Cc1cncs1)c1cnc(C)cn1. The first-order chi connectivity index (χ1) is 8.29. The molecule has 0 aliphatic heterocycles. The Labute approximate surface area is 105 Å². The van der Waals surface area contributed by atoms with E-state index in [0.717, 1.165) is 24.4 Å². The lowest BCUT2D eigenvalue weighted by molar-refractivity contribution is 0.537. The molecule has 2 aromatic rings. The highest BCUT2D eigenvalue weighted by Gasteiger charge is 2.13. The molecule has 0 fully saturated rings. The number of rotatable bonds is 5. The van der Waals surface area contributed by atoms with E-state index in [0.29, 0.717) is 0 Å². The summed E-state index contributed by atoms with van der Waals surface area (Å²) >= 11 is 1.68. The van der Waals surface area contributed by atoms with E-state index in [1.165, 1.54) is 4.88 Å². The van der Waals surface area contributed by atoms with E-state index in [1.54, 1.807) is 11.3 Å². The van der Waals surface area contributed by atoms with Crippen LogP contribution in [0.25, 0.3) is 0 Å². The maximum Gasteiger partial charge on any atom is 0.0794 e. The van der Waals surface area contributed by atoms with E-state index < -0.39 is 0 Å². The van der Waals surface area contributed by atoms with Crippen molar-refractivity contribution < 1.29 is 0 Å². The van der Waals surface area contributed by atoms with E-state index in [2.05, 4.69) is 27.2 Å². The second-order valence-electron chi connectivity index (χ2n) is 3.86. The monoisotopic (exact) mass is 248 g/mol. The fraction of sp³-hybridized carbons (Fsp3) is 0.417. The Morgan fingerprint density at radius 3 is 2.76 bits per heavy atom. The van der Waals surface area contributed by atoms with Crippen LogP contribution in [0.4, 0.5) is 0 Å². The molecule has 0 radical (unpaired) electrons. The minimum Gasteiger partial charge on any atom is -0.309 e. The molecule has 4 nitrogen and oxygen atoms in total. The van der Waals surface area contributed by atoms with Gasteiger partial charge in [-0.25, -0.2) is 0 Å². The van der Waals surface area contributed by atoms with Crippen molar-refractivity contribution in [1.29, 1.82) is 0 Å². The Kier molecular flexibility index (Phi) is 4.17. The molecule has 0 amide bonds. The second-order valence-corrected chi connectivity index (χ2v) is 4.84. The molecule has 1 atom stereocenters. The van der Waals surface area contributed by atoms with Crippen molar-refractivity contribution in [2.75, 3.05) is 6.54 Å². The van der Waals surface area contributed by atoms with Crippen LogP contribution >= 0.6 is 11.3 Å². The first-order valence-corrected chi connectivity index (χ1v) is 6.57. The molecule has 0 saturated heterocycles. The zero-order valence-corrected chi connectivity index (χ0v) is 10.9. The topological polar surface area (TPSA) is 50.7 Å². The Morgan fingerprint density at radius 2 is 2.18 bits per heavy atom. The van der Waals surface area contributed by atoms with Crippen LogP contribution in [0.5, 0.6) is 0 Å². The summed E-state index contributed by atoms with van der Waals surface area (Å²) < 4.78 is 0. The number of hydrogen-bond donors (Lipinski definition) is 1. The van der Waals surface area contributed by atoms with Gasteiger partial charge in [0.05, 0.1) is 29.1 Å². The molecule has 2 rings (SSSR count). The van der Waals surface area contributed by atoms with Gasteiger partial charge >= 0.3 is 0 Å². The van der Waals surface area contributed by atoms with Crippen molar-refractivity contribution in [2.24, 2.45) is 0 Å². The van der Waals surface area contributed by atoms with Gasteiger partial charge < -0.3 is 5.32 Å². The first-order valence-electron chi connectivity index (χ1n) is 5.69. The van der Waals surface area contributed by atoms with Gasteiger partial charge in [-0.1, -0.05) is 6.92 Å². The van der Waals surface area contributed by atoms with Crippen LogP contribution in [-0.4, -0.2) is 21.5 Å².